The lowest BCUT2D eigenvalue weighted by Gasteiger charge is -2.36. The molecule has 0 fully saturated rings. The molecule has 2 heterocycles. The van der Waals surface area contributed by atoms with Crippen LogP contribution in [0.5, 0.6) is 0 Å². The fraction of sp³-hybridized carbons (Fsp3) is 0.562. The van der Waals surface area contributed by atoms with Crippen molar-refractivity contribution >= 4 is 20.0 Å². The smallest absolute Gasteiger partial charge is 0.355 e. The van der Waals surface area contributed by atoms with Crippen molar-refractivity contribution in [2.45, 2.75) is 45.8 Å². The van der Waals surface area contributed by atoms with Crippen molar-refractivity contribution < 1.29 is 14.0 Å². The van der Waals surface area contributed by atoms with Gasteiger partial charge in [0.05, 0.1) is 6.61 Å². The fourth-order valence-electron chi connectivity index (χ4n) is 2.03. The third-order valence-electron chi connectivity index (χ3n) is 4.68. The summed E-state index contributed by atoms with van der Waals surface area (Å²) < 4.78 is 12.3. The number of ether oxygens (including phenoxy) is 1. The van der Waals surface area contributed by atoms with Crippen molar-refractivity contribution in [1.82, 2.24) is 9.55 Å². The molecule has 7 nitrogen and oxygen atoms in total. The third-order valence-corrected chi connectivity index (χ3v) is 9.16. The summed E-state index contributed by atoms with van der Waals surface area (Å²) >= 11 is 0. The van der Waals surface area contributed by atoms with Gasteiger partial charge in [0, 0.05) is 17.3 Å². The molecule has 1 aliphatic rings. The first-order valence-electron chi connectivity index (χ1n) is 7.80. The van der Waals surface area contributed by atoms with E-state index in [2.05, 4.69) is 38.8 Å². The van der Waals surface area contributed by atoms with Gasteiger partial charge in [-0.05, 0) is 25.1 Å². The molecular formula is C16H24N2O5Si. The maximum absolute atomic E-state index is 12.1. The Kier molecular flexibility index (Phi) is 4.74. The van der Waals surface area contributed by atoms with E-state index in [9.17, 15) is 14.4 Å². The van der Waals surface area contributed by atoms with Crippen LogP contribution in [0, 0.1) is 6.92 Å². The minimum absolute atomic E-state index is 0.0304. The molecule has 8 heteroatoms. The molecular weight excluding hydrogens is 328 g/mol. The first-order chi connectivity index (χ1) is 10.9. The van der Waals surface area contributed by atoms with Gasteiger partial charge in [0.2, 0.25) is 0 Å². The van der Waals surface area contributed by atoms with Crippen LogP contribution < -0.4 is 11.2 Å². The number of H-pyrrole nitrogens is 1. The highest BCUT2D eigenvalue weighted by Gasteiger charge is 2.38. The number of aromatic nitrogens is 2. The molecule has 0 radical (unpaired) electrons. The Labute approximate surface area is 141 Å². The van der Waals surface area contributed by atoms with Crippen molar-refractivity contribution in [3.8, 4) is 0 Å². The SMILES string of the molecule is Cc1cn(C2=C(CO[Si](C)(C)C(C)(C)C)COC2=O)c(=O)[nH]c1=O. The predicted molar refractivity (Wildman–Crippen MR) is 93.4 cm³/mol. The highest BCUT2D eigenvalue weighted by Crippen LogP contribution is 2.37. The molecule has 2 rings (SSSR count). The van der Waals surface area contributed by atoms with Crippen molar-refractivity contribution in [1.29, 1.82) is 0 Å². The molecule has 0 amide bonds. The largest absolute Gasteiger partial charge is 0.456 e. The molecule has 0 unspecified atom stereocenters. The number of nitrogens with one attached hydrogen (secondary N) is 1. The van der Waals surface area contributed by atoms with Crippen LogP contribution in [0.15, 0.2) is 21.4 Å². The number of nitrogens with zero attached hydrogens (tertiary/aromatic N) is 1. The second kappa shape index (κ2) is 6.17. The van der Waals surface area contributed by atoms with E-state index < -0.39 is 25.5 Å². The van der Waals surface area contributed by atoms with Crippen molar-refractivity contribution in [2.75, 3.05) is 13.2 Å². The van der Waals surface area contributed by atoms with Crippen LogP contribution in [-0.2, 0) is 14.0 Å². The van der Waals surface area contributed by atoms with Crippen LogP contribution in [0.2, 0.25) is 18.1 Å². The Morgan fingerprint density at radius 3 is 2.50 bits per heavy atom. The summed E-state index contributed by atoms with van der Waals surface area (Å²) in [5, 5.41) is 0.0304. The minimum Gasteiger partial charge on any atom is -0.456 e. The molecule has 24 heavy (non-hydrogen) atoms. The molecule has 132 valence electrons. The van der Waals surface area contributed by atoms with E-state index in [-0.39, 0.29) is 23.9 Å². The van der Waals surface area contributed by atoms with Crippen LogP contribution in [-0.4, -0.2) is 37.1 Å². The number of hydrogen-bond donors (Lipinski definition) is 1. The third kappa shape index (κ3) is 3.44. The molecule has 0 aromatic carbocycles. The number of rotatable bonds is 4. The van der Waals surface area contributed by atoms with E-state index in [0.29, 0.717) is 11.1 Å². The van der Waals surface area contributed by atoms with Gasteiger partial charge in [-0.25, -0.2) is 9.59 Å². The maximum atomic E-state index is 12.1. The number of hydrogen-bond acceptors (Lipinski definition) is 5. The summed E-state index contributed by atoms with van der Waals surface area (Å²) in [5.41, 5.74) is -0.0468. The Morgan fingerprint density at radius 2 is 1.92 bits per heavy atom. The summed E-state index contributed by atoms with van der Waals surface area (Å²) in [6.45, 7) is 12.5. The van der Waals surface area contributed by atoms with E-state index in [1.807, 2.05) is 0 Å². The zero-order valence-electron chi connectivity index (χ0n) is 15.0. The number of aromatic amines is 1. The Hall–Kier alpha value is -1.93. The summed E-state index contributed by atoms with van der Waals surface area (Å²) in [4.78, 5) is 37.9. The molecule has 0 spiro atoms. The second-order valence-electron chi connectivity index (χ2n) is 7.52. The summed E-state index contributed by atoms with van der Waals surface area (Å²) in [7, 11) is -2.00. The zero-order valence-corrected chi connectivity index (χ0v) is 16.0. The van der Waals surface area contributed by atoms with E-state index in [1.165, 1.54) is 6.20 Å². The summed E-state index contributed by atoms with van der Waals surface area (Å²) in [5.74, 6) is -0.586. The van der Waals surface area contributed by atoms with Gasteiger partial charge in [0.15, 0.2) is 8.32 Å². The average molecular weight is 352 g/mol. The molecule has 1 N–H and O–H groups in total. The van der Waals surface area contributed by atoms with Gasteiger partial charge in [-0.2, -0.15) is 0 Å². The number of carbonyl (C=O) groups excluding carboxylic acids is 1. The number of aryl methyl sites for hydroxylation is 1. The zero-order chi connectivity index (χ0) is 18.3. The quantitative estimate of drug-likeness (QED) is 0.657. The van der Waals surface area contributed by atoms with Crippen molar-refractivity contribution in [3.05, 3.63) is 38.2 Å². The van der Waals surface area contributed by atoms with Gasteiger partial charge in [0.25, 0.3) is 5.56 Å². The topological polar surface area (TPSA) is 90.4 Å². The van der Waals surface area contributed by atoms with E-state index in [4.69, 9.17) is 9.16 Å². The lowest BCUT2D eigenvalue weighted by Crippen LogP contribution is -2.41. The molecule has 0 atom stereocenters. The first kappa shape index (κ1) is 18.4. The summed E-state index contributed by atoms with van der Waals surface area (Å²) in [6.07, 6.45) is 1.36. The van der Waals surface area contributed by atoms with Gasteiger partial charge in [-0.1, -0.05) is 20.8 Å². The monoisotopic (exact) mass is 352 g/mol. The van der Waals surface area contributed by atoms with Crippen LogP contribution >= 0.6 is 0 Å². The van der Waals surface area contributed by atoms with Gasteiger partial charge >= 0.3 is 11.7 Å². The molecule has 0 bridgehead atoms. The Morgan fingerprint density at radius 1 is 1.29 bits per heavy atom. The van der Waals surface area contributed by atoms with Crippen LogP contribution in [0.1, 0.15) is 26.3 Å². The van der Waals surface area contributed by atoms with E-state index >= 15 is 0 Å². The highest BCUT2D eigenvalue weighted by atomic mass is 28.4. The first-order valence-corrected chi connectivity index (χ1v) is 10.7. The van der Waals surface area contributed by atoms with Gasteiger partial charge < -0.3 is 9.16 Å². The normalized spacial score (nSPS) is 15.8. The molecule has 0 saturated carbocycles. The lowest BCUT2D eigenvalue weighted by molar-refractivity contribution is -0.134. The molecule has 0 aliphatic carbocycles. The Bertz CT molecular complexity index is 811. The molecule has 1 aromatic heterocycles. The maximum Gasteiger partial charge on any atom is 0.355 e. The van der Waals surface area contributed by atoms with E-state index in [0.717, 1.165) is 4.57 Å². The second-order valence-corrected chi connectivity index (χ2v) is 12.3. The van der Waals surface area contributed by atoms with Gasteiger partial charge in [0.1, 0.15) is 12.3 Å². The fourth-order valence-corrected chi connectivity index (χ4v) is 3.00. The number of cyclic esters (lactones) is 1. The van der Waals surface area contributed by atoms with E-state index in [1.54, 1.807) is 6.92 Å². The minimum atomic E-state index is -2.00. The Balaban J connectivity index is 2.41. The average Bonchev–Trinajstić information content (AvgIpc) is 2.80. The lowest BCUT2D eigenvalue weighted by atomic mass is 10.2. The van der Waals surface area contributed by atoms with Crippen molar-refractivity contribution in [2.24, 2.45) is 0 Å². The molecule has 1 aromatic rings. The van der Waals surface area contributed by atoms with Crippen LogP contribution in [0.25, 0.3) is 5.70 Å². The highest BCUT2D eigenvalue weighted by molar-refractivity contribution is 6.74. The number of carbonyl (C=O) groups is 1. The summed E-state index contributed by atoms with van der Waals surface area (Å²) in [6, 6.07) is 0. The predicted octanol–water partition coefficient (Wildman–Crippen LogP) is 1.63. The molecule has 0 saturated heterocycles. The van der Waals surface area contributed by atoms with Gasteiger partial charge in [-0.3, -0.25) is 14.3 Å². The number of esters is 1. The van der Waals surface area contributed by atoms with Crippen LogP contribution in [0.3, 0.4) is 0 Å². The molecule has 1 aliphatic heterocycles. The van der Waals surface area contributed by atoms with Crippen LogP contribution in [0.4, 0.5) is 0 Å². The van der Waals surface area contributed by atoms with Gasteiger partial charge in [-0.15, -0.1) is 0 Å². The standard InChI is InChI=1S/C16H24N2O5Si/c1-10-7-18(15(21)17-13(10)19)12-11(8-22-14(12)20)9-23-24(5,6)16(2,3)4/h7H,8-9H2,1-6H3,(H,17,19,21). The van der Waals surface area contributed by atoms with Crippen molar-refractivity contribution in [3.63, 3.8) is 0 Å².